The van der Waals surface area contributed by atoms with Crippen LogP contribution in [-0.2, 0) is 11.3 Å². The second kappa shape index (κ2) is 6.12. The zero-order valence-electron chi connectivity index (χ0n) is 10.6. The summed E-state index contributed by atoms with van der Waals surface area (Å²) in [5, 5.41) is 11.3. The minimum Gasteiger partial charge on any atom is -0.481 e. The molecule has 0 aliphatic rings. The second-order valence-electron chi connectivity index (χ2n) is 4.77. The summed E-state index contributed by atoms with van der Waals surface area (Å²) >= 11 is 1.56. The van der Waals surface area contributed by atoms with Crippen molar-refractivity contribution in [1.82, 2.24) is 9.88 Å². The first-order valence-corrected chi connectivity index (χ1v) is 6.71. The van der Waals surface area contributed by atoms with Crippen molar-refractivity contribution in [2.75, 3.05) is 13.6 Å². The first-order chi connectivity index (χ1) is 7.98. The van der Waals surface area contributed by atoms with Gasteiger partial charge in [-0.25, -0.2) is 4.98 Å². The molecule has 1 heterocycles. The number of carboxylic acid groups (broad SMARTS) is 1. The molecule has 0 fully saturated rings. The van der Waals surface area contributed by atoms with Gasteiger partial charge in [0.15, 0.2) is 0 Å². The summed E-state index contributed by atoms with van der Waals surface area (Å²) in [4.78, 5) is 17.5. The molecule has 0 amide bonds. The maximum atomic E-state index is 11.3. The van der Waals surface area contributed by atoms with Gasteiger partial charge in [-0.3, -0.25) is 9.69 Å². The zero-order chi connectivity index (χ0) is 12.9. The first-order valence-electron chi connectivity index (χ1n) is 5.77. The monoisotopic (exact) mass is 256 g/mol. The van der Waals surface area contributed by atoms with E-state index in [4.69, 9.17) is 0 Å². The van der Waals surface area contributed by atoms with E-state index in [9.17, 15) is 9.90 Å². The molecule has 0 aliphatic carbocycles. The van der Waals surface area contributed by atoms with Crippen molar-refractivity contribution in [2.24, 2.45) is 5.41 Å². The summed E-state index contributed by atoms with van der Waals surface area (Å²) in [6.07, 6.45) is 1.58. The Morgan fingerprint density at radius 2 is 2.35 bits per heavy atom. The van der Waals surface area contributed by atoms with E-state index in [-0.39, 0.29) is 0 Å². The van der Waals surface area contributed by atoms with Crippen molar-refractivity contribution in [3.05, 3.63) is 16.6 Å². The number of carboxylic acids is 1. The van der Waals surface area contributed by atoms with E-state index in [2.05, 4.69) is 4.98 Å². The van der Waals surface area contributed by atoms with Crippen LogP contribution in [0.5, 0.6) is 0 Å². The third-order valence-electron chi connectivity index (χ3n) is 2.85. The van der Waals surface area contributed by atoms with Crippen molar-refractivity contribution in [3.8, 4) is 0 Å². The maximum Gasteiger partial charge on any atom is 0.310 e. The van der Waals surface area contributed by atoms with Crippen LogP contribution in [0.3, 0.4) is 0 Å². The van der Waals surface area contributed by atoms with Crippen molar-refractivity contribution < 1.29 is 9.90 Å². The topological polar surface area (TPSA) is 53.4 Å². The number of hydrogen-bond donors (Lipinski definition) is 1. The van der Waals surface area contributed by atoms with Gasteiger partial charge in [0.2, 0.25) is 0 Å². The summed E-state index contributed by atoms with van der Waals surface area (Å²) in [6.45, 7) is 5.09. The molecule has 0 aliphatic heterocycles. The summed E-state index contributed by atoms with van der Waals surface area (Å²) in [6, 6.07) is 0. The molecule has 1 aromatic heterocycles. The highest BCUT2D eigenvalue weighted by Crippen LogP contribution is 2.25. The van der Waals surface area contributed by atoms with Gasteiger partial charge in [0.05, 0.1) is 16.6 Å². The predicted octanol–water partition coefficient (Wildman–Crippen LogP) is 2.47. The van der Waals surface area contributed by atoms with Crippen LogP contribution >= 0.6 is 11.3 Å². The fourth-order valence-corrected chi connectivity index (χ4v) is 2.60. The van der Waals surface area contributed by atoms with Crippen molar-refractivity contribution in [1.29, 1.82) is 0 Å². The number of nitrogens with zero attached hydrogens (tertiary/aromatic N) is 2. The number of rotatable bonds is 7. The largest absolute Gasteiger partial charge is 0.481 e. The highest BCUT2D eigenvalue weighted by Gasteiger charge is 2.33. The lowest BCUT2D eigenvalue weighted by molar-refractivity contribution is -0.149. The molecule has 1 atom stereocenters. The Morgan fingerprint density at radius 1 is 1.65 bits per heavy atom. The summed E-state index contributed by atoms with van der Waals surface area (Å²) in [5.41, 5.74) is 2.13. The van der Waals surface area contributed by atoms with E-state index in [1.165, 1.54) is 0 Å². The molecular formula is C12H20N2O2S. The van der Waals surface area contributed by atoms with Gasteiger partial charge >= 0.3 is 5.97 Å². The molecule has 0 radical (unpaired) electrons. The molecule has 0 spiro atoms. The molecule has 1 unspecified atom stereocenters. The van der Waals surface area contributed by atoms with Crippen LogP contribution in [-0.4, -0.2) is 34.6 Å². The Hall–Kier alpha value is -0.940. The SMILES string of the molecule is CCCC(C)(CN(C)Cc1cscn1)C(=O)O. The van der Waals surface area contributed by atoms with Gasteiger partial charge < -0.3 is 5.11 Å². The van der Waals surface area contributed by atoms with E-state index >= 15 is 0 Å². The van der Waals surface area contributed by atoms with Crippen molar-refractivity contribution >= 4 is 17.3 Å². The molecular weight excluding hydrogens is 236 g/mol. The zero-order valence-corrected chi connectivity index (χ0v) is 11.5. The Morgan fingerprint density at radius 3 is 2.82 bits per heavy atom. The lowest BCUT2D eigenvalue weighted by Gasteiger charge is -2.29. The number of hydrogen-bond acceptors (Lipinski definition) is 4. The second-order valence-corrected chi connectivity index (χ2v) is 5.49. The third-order valence-corrected chi connectivity index (χ3v) is 3.49. The standard InChI is InChI=1S/C12H20N2O2S/c1-4-5-12(2,11(15)16)8-14(3)6-10-7-17-9-13-10/h7,9H,4-6,8H2,1-3H3,(H,15,16). The summed E-state index contributed by atoms with van der Waals surface area (Å²) < 4.78 is 0. The average Bonchev–Trinajstić information content (AvgIpc) is 2.70. The van der Waals surface area contributed by atoms with Gasteiger partial charge in [0, 0.05) is 18.5 Å². The highest BCUT2D eigenvalue weighted by molar-refractivity contribution is 7.07. The van der Waals surface area contributed by atoms with Gasteiger partial charge in [-0.2, -0.15) is 0 Å². The highest BCUT2D eigenvalue weighted by atomic mass is 32.1. The van der Waals surface area contributed by atoms with Crippen molar-refractivity contribution in [2.45, 2.75) is 33.2 Å². The molecule has 1 N–H and O–H groups in total. The molecule has 17 heavy (non-hydrogen) atoms. The van der Waals surface area contributed by atoms with E-state index in [1.54, 1.807) is 16.8 Å². The Labute approximate surface area is 106 Å². The van der Waals surface area contributed by atoms with Gasteiger partial charge in [0.25, 0.3) is 0 Å². The fraction of sp³-hybridized carbons (Fsp3) is 0.667. The number of carbonyl (C=O) groups is 1. The number of aromatic nitrogens is 1. The molecule has 0 saturated heterocycles. The molecule has 0 bridgehead atoms. The Balaban J connectivity index is 2.58. The smallest absolute Gasteiger partial charge is 0.310 e. The van der Waals surface area contributed by atoms with Gasteiger partial charge in [-0.15, -0.1) is 11.3 Å². The molecule has 5 heteroatoms. The maximum absolute atomic E-state index is 11.3. The Kier molecular flexibility index (Phi) is 5.08. The summed E-state index contributed by atoms with van der Waals surface area (Å²) in [7, 11) is 1.94. The third kappa shape index (κ3) is 4.09. The van der Waals surface area contributed by atoms with E-state index in [1.807, 2.05) is 31.2 Å². The van der Waals surface area contributed by atoms with Crippen LogP contribution in [0.2, 0.25) is 0 Å². The van der Waals surface area contributed by atoms with E-state index in [0.29, 0.717) is 19.5 Å². The summed E-state index contributed by atoms with van der Waals surface area (Å²) in [5.74, 6) is -0.718. The van der Waals surface area contributed by atoms with Crippen LogP contribution in [0.15, 0.2) is 10.9 Å². The molecule has 1 aromatic rings. The molecule has 1 rings (SSSR count). The normalized spacial score (nSPS) is 14.8. The van der Waals surface area contributed by atoms with Crippen LogP contribution in [0.4, 0.5) is 0 Å². The van der Waals surface area contributed by atoms with Gasteiger partial charge in [-0.05, 0) is 20.4 Å². The average molecular weight is 256 g/mol. The van der Waals surface area contributed by atoms with Crippen LogP contribution in [0, 0.1) is 5.41 Å². The van der Waals surface area contributed by atoms with Gasteiger partial charge in [-0.1, -0.05) is 13.3 Å². The molecule has 0 saturated carbocycles. The first kappa shape index (κ1) is 14.1. The van der Waals surface area contributed by atoms with E-state index in [0.717, 1.165) is 12.1 Å². The van der Waals surface area contributed by atoms with E-state index < -0.39 is 11.4 Å². The van der Waals surface area contributed by atoms with Crippen LogP contribution in [0.1, 0.15) is 32.4 Å². The minimum absolute atomic E-state index is 0.549. The molecule has 0 aromatic carbocycles. The van der Waals surface area contributed by atoms with Crippen LogP contribution < -0.4 is 0 Å². The molecule has 4 nitrogen and oxygen atoms in total. The Bertz CT molecular complexity index is 353. The lowest BCUT2D eigenvalue weighted by atomic mass is 9.85. The van der Waals surface area contributed by atoms with Crippen molar-refractivity contribution in [3.63, 3.8) is 0 Å². The molecule has 96 valence electrons. The fourth-order valence-electron chi connectivity index (χ4n) is 2.05. The number of aliphatic carboxylic acids is 1. The minimum atomic E-state index is -0.718. The van der Waals surface area contributed by atoms with Crippen LogP contribution in [0.25, 0.3) is 0 Å². The number of thiazole rings is 1. The lowest BCUT2D eigenvalue weighted by Crippen LogP contribution is -2.39. The quantitative estimate of drug-likeness (QED) is 0.814. The predicted molar refractivity (Wildman–Crippen MR) is 69.1 cm³/mol. The van der Waals surface area contributed by atoms with Gasteiger partial charge in [0.1, 0.15) is 0 Å².